The maximum atomic E-state index is 13.3. The SMILES string of the molecule is COC1CCN(C(c2ccc(F)cc2)c2ccc(F)cc2)CC1. The molecule has 2 aromatic carbocycles. The van der Waals surface area contributed by atoms with Crippen LogP contribution in [-0.2, 0) is 4.74 Å². The van der Waals surface area contributed by atoms with Crippen molar-refractivity contribution >= 4 is 0 Å². The Bertz CT molecular complexity index is 573. The lowest BCUT2D eigenvalue weighted by atomic mass is 9.94. The molecular weight excluding hydrogens is 296 g/mol. The first-order valence-electron chi connectivity index (χ1n) is 7.95. The van der Waals surface area contributed by atoms with Crippen LogP contribution in [0, 0.1) is 11.6 Å². The van der Waals surface area contributed by atoms with Crippen LogP contribution in [0.2, 0.25) is 0 Å². The van der Waals surface area contributed by atoms with E-state index in [2.05, 4.69) is 4.90 Å². The van der Waals surface area contributed by atoms with Crippen molar-refractivity contribution in [2.75, 3.05) is 20.2 Å². The number of piperidine rings is 1. The summed E-state index contributed by atoms with van der Waals surface area (Å²) >= 11 is 0. The lowest BCUT2D eigenvalue weighted by Crippen LogP contribution is -2.39. The van der Waals surface area contributed by atoms with Crippen LogP contribution in [0.4, 0.5) is 8.78 Å². The van der Waals surface area contributed by atoms with Gasteiger partial charge in [0, 0.05) is 20.2 Å². The van der Waals surface area contributed by atoms with Gasteiger partial charge in [-0.3, -0.25) is 4.90 Å². The van der Waals surface area contributed by atoms with Crippen molar-refractivity contribution in [1.29, 1.82) is 0 Å². The molecule has 0 aromatic heterocycles. The molecular formula is C19H21F2NO. The second-order valence-corrected chi connectivity index (χ2v) is 5.98. The van der Waals surface area contributed by atoms with Gasteiger partial charge in [0.15, 0.2) is 0 Å². The van der Waals surface area contributed by atoms with Crippen molar-refractivity contribution < 1.29 is 13.5 Å². The Morgan fingerprint density at radius 2 is 1.30 bits per heavy atom. The number of benzene rings is 2. The number of ether oxygens (including phenoxy) is 1. The number of hydrogen-bond donors (Lipinski definition) is 0. The maximum Gasteiger partial charge on any atom is 0.123 e. The zero-order valence-corrected chi connectivity index (χ0v) is 13.2. The number of likely N-dealkylation sites (tertiary alicyclic amines) is 1. The van der Waals surface area contributed by atoms with Crippen LogP contribution in [0.25, 0.3) is 0 Å². The molecule has 1 fully saturated rings. The fourth-order valence-corrected chi connectivity index (χ4v) is 3.27. The Labute approximate surface area is 135 Å². The van der Waals surface area contributed by atoms with E-state index in [9.17, 15) is 8.78 Å². The molecule has 1 aliphatic rings. The molecule has 0 radical (unpaired) electrons. The van der Waals surface area contributed by atoms with Crippen LogP contribution in [0.3, 0.4) is 0 Å². The molecule has 0 spiro atoms. The van der Waals surface area contributed by atoms with E-state index in [1.165, 1.54) is 24.3 Å². The molecule has 2 aromatic rings. The third kappa shape index (κ3) is 3.77. The van der Waals surface area contributed by atoms with Gasteiger partial charge in [0.05, 0.1) is 12.1 Å². The van der Waals surface area contributed by atoms with Gasteiger partial charge in [-0.15, -0.1) is 0 Å². The van der Waals surface area contributed by atoms with Crippen LogP contribution < -0.4 is 0 Å². The smallest absolute Gasteiger partial charge is 0.123 e. The molecule has 0 amide bonds. The van der Waals surface area contributed by atoms with E-state index >= 15 is 0 Å². The molecule has 0 bridgehead atoms. The third-order valence-corrected chi connectivity index (χ3v) is 4.55. The molecule has 3 rings (SSSR count). The largest absolute Gasteiger partial charge is 0.381 e. The first-order chi connectivity index (χ1) is 11.2. The molecule has 1 heterocycles. The van der Waals surface area contributed by atoms with Gasteiger partial charge in [-0.25, -0.2) is 8.78 Å². The van der Waals surface area contributed by atoms with E-state index in [1.54, 1.807) is 7.11 Å². The van der Waals surface area contributed by atoms with Gasteiger partial charge in [-0.05, 0) is 48.2 Å². The minimum atomic E-state index is -0.246. The Balaban J connectivity index is 1.90. The second kappa shape index (κ2) is 7.20. The number of halogens is 2. The highest BCUT2D eigenvalue weighted by atomic mass is 19.1. The number of methoxy groups -OCH3 is 1. The molecule has 0 saturated carbocycles. The van der Waals surface area contributed by atoms with Crippen LogP contribution in [0.15, 0.2) is 48.5 Å². The fourth-order valence-electron chi connectivity index (χ4n) is 3.27. The van der Waals surface area contributed by atoms with Gasteiger partial charge in [0.1, 0.15) is 11.6 Å². The molecule has 0 unspecified atom stereocenters. The summed E-state index contributed by atoms with van der Waals surface area (Å²) in [5.41, 5.74) is 2.04. The molecule has 0 atom stereocenters. The molecule has 0 aliphatic carbocycles. The van der Waals surface area contributed by atoms with Gasteiger partial charge in [-0.1, -0.05) is 24.3 Å². The van der Waals surface area contributed by atoms with Crippen molar-refractivity contribution in [3.8, 4) is 0 Å². The summed E-state index contributed by atoms with van der Waals surface area (Å²) < 4.78 is 32.0. The maximum absolute atomic E-state index is 13.3. The minimum absolute atomic E-state index is 0.00834. The summed E-state index contributed by atoms with van der Waals surface area (Å²) in [6.45, 7) is 1.80. The highest BCUT2D eigenvalue weighted by molar-refractivity contribution is 5.32. The van der Waals surface area contributed by atoms with Crippen molar-refractivity contribution in [3.63, 3.8) is 0 Å². The normalized spacial score (nSPS) is 16.9. The van der Waals surface area contributed by atoms with E-state index in [0.29, 0.717) is 6.10 Å². The lowest BCUT2D eigenvalue weighted by Gasteiger charge is -2.37. The lowest BCUT2D eigenvalue weighted by molar-refractivity contribution is 0.0322. The minimum Gasteiger partial charge on any atom is -0.381 e. The highest BCUT2D eigenvalue weighted by Crippen LogP contribution is 2.31. The van der Waals surface area contributed by atoms with Gasteiger partial charge >= 0.3 is 0 Å². The first-order valence-corrected chi connectivity index (χ1v) is 7.95. The average molecular weight is 317 g/mol. The Morgan fingerprint density at radius 1 is 0.870 bits per heavy atom. The summed E-state index contributed by atoms with van der Waals surface area (Å²) in [5.74, 6) is -0.491. The molecule has 4 heteroatoms. The molecule has 1 aliphatic heterocycles. The molecule has 0 N–H and O–H groups in total. The number of nitrogens with zero attached hydrogens (tertiary/aromatic N) is 1. The summed E-state index contributed by atoms with van der Waals surface area (Å²) in [7, 11) is 1.75. The highest BCUT2D eigenvalue weighted by Gasteiger charge is 2.27. The van der Waals surface area contributed by atoms with Crippen LogP contribution in [0.1, 0.15) is 30.0 Å². The van der Waals surface area contributed by atoms with Crippen molar-refractivity contribution in [2.45, 2.75) is 25.0 Å². The second-order valence-electron chi connectivity index (χ2n) is 5.98. The number of hydrogen-bond acceptors (Lipinski definition) is 2. The van der Waals surface area contributed by atoms with Crippen LogP contribution in [-0.4, -0.2) is 31.2 Å². The summed E-state index contributed by atoms with van der Waals surface area (Å²) in [4.78, 5) is 2.36. The van der Waals surface area contributed by atoms with E-state index in [0.717, 1.165) is 37.1 Å². The van der Waals surface area contributed by atoms with Gasteiger partial charge in [0.25, 0.3) is 0 Å². The van der Waals surface area contributed by atoms with E-state index in [4.69, 9.17) is 4.74 Å². The summed E-state index contributed by atoms with van der Waals surface area (Å²) in [5, 5.41) is 0. The van der Waals surface area contributed by atoms with E-state index in [-0.39, 0.29) is 17.7 Å². The topological polar surface area (TPSA) is 12.5 Å². The Kier molecular flexibility index (Phi) is 5.03. The van der Waals surface area contributed by atoms with Gasteiger partial charge < -0.3 is 4.74 Å². The zero-order valence-electron chi connectivity index (χ0n) is 13.2. The van der Waals surface area contributed by atoms with E-state index in [1.807, 2.05) is 24.3 Å². The predicted molar refractivity (Wildman–Crippen MR) is 86.2 cm³/mol. The van der Waals surface area contributed by atoms with Crippen molar-refractivity contribution in [3.05, 3.63) is 71.3 Å². The van der Waals surface area contributed by atoms with Crippen LogP contribution in [0.5, 0.6) is 0 Å². The van der Waals surface area contributed by atoms with Gasteiger partial charge in [0.2, 0.25) is 0 Å². The van der Waals surface area contributed by atoms with Crippen molar-refractivity contribution in [2.24, 2.45) is 0 Å². The number of rotatable bonds is 4. The molecule has 2 nitrogen and oxygen atoms in total. The zero-order chi connectivity index (χ0) is 16.2. The first kappa shape index (κ1) is 16.1. The predicted octanol–water partition coefficient (Wildman–Crippen LogP) is 4.17. The summed E-state index contributed by atoms with van der Waals surface area (Å²) in [6, 6.07) is 13.2. The van der Waals surface area contributed by atoms with Crippen LogP contribution >= 0.6 is 0 Å². The van der Waals surface area contributed by atoms with E-state index < -0.39 is 0 Å². The molecule has 23 heavy (non-hydrogen) atoms. The molecule has 1 saturated heterocycles. The Hall–Kier alpha value is -1.78. The van der Waals surface area contributed by atoms with Gasteiger partial charge in [-0.2, -0.15) is 0 Å². The average Bonchev–Trinajstić information content (AvgIpc) is 2.59. The Morgan fingerprint density at radius 3 is 1.70 bits per heavy atom. The monoisotopic (exact) mass is 317 g/mol. The quantitative estimate of drug-likeness (QED) is 0.839. The third-order valence-electron chi connectivity index (χ3n) is 4.55. The van der Waals surface area contributed by atoms with Crippen molar-refractivity contribution in [1.82, 2.24) is 4.90 Å². The standard InChI is InChI=1S/C19H21F2NO/c1-23-18-10-12-22(13-11-18)19(14-2-6-16(20)7-3-14)15-4-8-17(21)9-5-15/h2-9,18-19H,10-13H2,1H3. The molecule has 122 valence electrons. The summed E-state index contributed by atoms with van der Waals surface area (Å²) in [6.07, 6.45) is 2.23. The fraction of sp³-hybridized carbons (Fsp3) is 0.368.